The Bertz CT molecular complexity index is 802. The summed E-state index contributed by atoms with van der Waals surface area (Å²) in [6.45, 7) is 15.3. The minimum Gasteiger partial charge on any atom is -0.463 e. The predicted molar refractivity (Wildman–Crippen MR) is 127 cm³/mol. The topological polar surface area (TPSA) is 44.8 Å². The molecule has 5 aliphatic rings. The summed E-state index contributed by atoms with van der Waals surface area (Å²) < 4.78 is 18.7. The van der Waals surface area contributed by atoms with Crippen LogP contribution in [0, 0.1) is 34.5 Å². The van der Waals surface area contributed by atoms with E-state index in [1.165, 1.54) is 44.0 Å². The van der Waals surface area contributed by atoms with E-state index in [0.29, 0.717) is 17.3 Å². The molecule has 0 aromatic rings. The standard InChI is InChI=1S/C27H43BO4/c1-17(29)30-19-12-14-26(6)18(16-19)8-9-20-21-10-11-23(27(21,7)15-13-22(20)26)28-31-24(2,3)25(4,5)32-28/h11,18-22H,8-10,12-16H2,1-7H3/t18-,19-,20-,21-,22-,26-,27-/m0/s1. The molecule has 4 aliphatic carbocycles. The van der Waals surface area contributed by atoms with E-state index >= 15 is 0 Å². The zero-order valence-electron chi connectivity index (χ0n) is 21.3. The molecular formula is C27H43BO4. The highest BCUT2D eigenvalue weighted by molar-refractivity contribution is 6.55. The van der Waals surface area contributed by atoms with Gasteiger partial charge in [0, 0.05) is 6.92 Å². The quantitative estimate of drug-likeness (QED) is 0.381. The number of allylic oxidation sites excluding steroid dienone is 2. The van der Waals surface area contributed by atoms with Gasteiger partial charge in [0.15, 0.2) is 0 Å². The first-order chi connectivity index (χ1) is 14.9. The second kappa shape index (κ2) is 7.34. The molecule has 0 aromatic carbocycles. The molecule has 5 rings (SSSR count). The molecule has 1 heterocycles. The molecule has 0 N–H and O–H groups in total. The summed E-state index contributed by atoms with van der Waals surface area (Å²) in [5, 5.41) is 0. The average Bonchev–Trinajstić information content (AvgIpc) is 3.14. The van der Waals surface area contributed by atoms with Crippen molar-refractivity contribution in [1.82, 2.24) is 0 Å². The third-order valence-electron chi connectivity index (χ3n) is 11.1. The van der Waals surface area contributed by atoms with Crippen LogP contribution in [0.3, 0.4) is 0 Å². The largest absolute Gasteiger partial charge is 0.490 e. The molecule has 5 heteroatoms. The molecule has 0 amide bonds. The third kappa shape index (κ3) is 3.27. The summed E-state index contributed by atoms with van der Waals surface area (Å²) in [6.07, 6.45) is 12.3. The fourth-order valence-corrected chi connectivity index (χ4v) is 8.50. The Kier molecular flexibility index (Phi) is 5.27. The van der Waals surface area contributed by atoms with Crippen molar-refractivity contribution >= 4 is 13.1 Å². The Labute approximate surface area is 195 Å². The minimum atomic E-state index is -0.281. The SMILES string of the molecule is CC(=O)O[C@H]1CC[C@@]2(C)[C@@H](CC[C@@H]3[C@@H]2CC[C@]2(C)C(B4OC(C)(C)C(C)(C)O4)=CC[C@@H]32)C1. The van der Waals surface area contributed by atoms with Crippen LogP contribution in [0.1, 0.15) is 99.8 Å². The van der Waals surface area contributed by atoms with Crippen LogP contribution in [-0.2, 0) is 18.8 Å². The van der Waals surface area contributed by atoms with Crippen molar-refractivity contribution in [3.8, 4) is 0 Å². The molecule has 0 spiro atoms. The van der Waals surface area contributed by atoms with Crippen molar-refractivity contribution in [1.29, 1.82) is 0 Å². The van der Waals surface area contributed by atoms with Gasteiger partial charge in [-0.05, 0) is 119 Å². The molecule has 7 atom stereocenters. The van der Waals surface area contributed by atoms with Crippen LogP contribution in [0.15, 0.2) is 11.5 Å². The number of carbonyl (C=O) groups is 1. The van der Waals surface area contributed by atoms with Gasteiger partial charge in [-0.15, -0.1) is 0 Å². The van der Waals surface area contributed by atoms with E-state index in [-0.39, 0.29) is 35.8 Å². The lowest BCUT2D eigenvalue weighted by Gasteiger charge is -2.61. The molecule has 0 radical (unpaired) electrons. The van der Waals surface area contributed by atoms with Crippen molar-refractivity contribution in [3.05, 3.63) is 11.5 Å². The maximum Gasteiger partial charge on any atom is 0.490 e. The number of rotatable bonds is 2. The Balaban J connectivity index is 1.34. The van der Waals surface area contributed by atoms with Crippen LogP contribution in [0.25, 0.3) is 0 Å². The van der Waals surface area contributed by atoms with Crippen LogP contribution in [0.5, 0.6) is 0 Å². The summed E-state index contributed by atoms with van der Waals surface area (Å²) in [7, 11) is -0.197. The van der Waals surface area contributed by atoms with Crippen LogP contribution in [0.4, 0.5) is 0 Å². The van der Waals surface area contributed by atoms with E-state index < -0.39 is 0 Å². The Hall–Kier alpha value is -0.805. The summed E-state index contributed by atoms with van der Waals surface area (Å²) in [5.41, 5.74) is 1.45. The van der Waals surface area contributed by atoms with E-state index in [1.54, 1.807) is 6.92 Å². The molecule has 0 unspecified atom stereocenters. The van der Waals surface area contributed by atoms with Gasteiger partial charge in [-0.1, -0.05) is 19.9 Å². The number of fused-ring (bicyclic) bond motifs is 5. The second-order valence-corrected chi connectivity index (χ2v) is 13.1. The lowest BCUT2D eigenvalue weighted by atomic mass is 9.43. The van der Waals surface area contributed by atoms with Gasteiger partial charge in [-0.25, -0.2) is 0 Å². The summed E-state index contributed by atoms with van der Waals surface area (Å²) in [5.74, 6) is 2.87. The molecular weight excluding hydrogens is 399 g/mol. The molecule has 4 nitrogen and oxygen atoms in total. The van der Waals surface area contributed by atoms with Gasteiger partial charge in [0.05, 0.1) is 11.2 Å². The Morgan fingerprint density at radius 3 is 2.31 bits per heavy atom. The van der Waals surface area contributed by atoms with E-state index in [1.807, 2.05) is 0 Å². The van der Waals surface area contributed by atoms with Crippen molar-refractivity contribution in [2.75, 3.05) is 0 Å². The van der Waals surface area contributed by atoms with Crippen molar-refractivity contribution in [2.45, 2.75) is 117 Å². The maximum atomic E-state index is 11.5. The molecule has 0 aromatic heterocycles. The van der Waals surface area contributed by atoms with Gasteiger partial charge in [-0.3, -0.25) is 4.79 Å². The fraction of sp³-hybridized carbons (Fsp3) is 0.889. The maximum absolute atomic E-state index is 11.5. The lowest BCUT2D eigenvalue weighted by Crippen LogP contribution is -2.54. The molecule has 0 bridgehead atoms. The van der Waals surface area contributed by atoms with Crippen LogP contribution in [-0.4, -0.2) is 30.4 Å². The lowest BCUT2D eigenvalue weighted by molar-refractivity contribution is -0.158. The first-order valence-corrected chi connectivity index (χ1v) is 13.1. The van der Waals surface area contributed by atoms with Crippen LogP contribution >= 0.6 is 0 Å². The first-order valence-electron chi connectivity index (χ1n) is 13.1. The molecule has 3 saturated carbocycles. The number of hydrogen-bond acceptors (Lipinski definition) is 4. The monoisotopic (exact) mass is 442 g/mol. The predicted octanol–water partition coefficient (Wildman–Crippen LogP) is 6.13. The van der Waals surface area contributed by atoms with Gasteiger partial charge >= 0.3 is 13.1 Å². The van der Waals surface area contributed by atoms with Gasteiger partial charge in [0.25, 0.3) is 0 Å². The Morgan fingerprint density at radius 2 is 1.66 bits per heavy atom. The summed E-state index contributed by atoms with van der Waals surface area (Å²) in [4.78, 5) is 11.5. The van der Waals surface area contributed by atoms with Gasteiger partial charge in [0.2, 0.25) is 0 Å². The molecule has 4 fully saturated rings. The van der Waals surface area contributed by atoms with E-state index in [9.17, 15) is 4.79 Å². The molecule has 1 saturated heterocycles. The van der Waals surface area contributed by atoms with Crippen LogP contribution in [0.2, 0.25) is 0 Å². The van der Waals surface area contributed by atoms with Gasteiger partial charge in [-0.2, -0.15) is 0 Å². The molecule has 1 aliphatic heterocycles. The van der Waals surface area contributed by atoms with Crippen LogP contribution < -0.4 is 0 Å². The smallest absolute Gasteiger partial charge is 0.463 e. The highest BCUT2D eigenvalue weighted by Gasteiger charge is 2.62. The average molecular weight is 442 g/mol. The Morgan fingerprint density at radius 1 is 0.969 bits per heavy atom. The first kappa shape index (κ1) is 23.0. The fourth-order valence-electron chi connectivity index (χ4n) is 8.50. The highest BCUT2D eigenvalue weighted by atomic mass is 16.7. The molecule has 178 valence electrons. The van der Waals surface area contributed by atoms with E-state index in [4.69, 9.17) is 14.0 Å². The van der Waals surface area contributed by atoms with Gasteiger partial charge in [0.1, 0.15) is 6.10 Å². The number of esters is 1. The van der Waals surface area contributed by atoms with Gasteiger partial charge < -0.3 is 14.0 Å². The van der Waals surface area contributed by atoms with Crippen molar-refractivity contribution < 1.29 is 18.8 Å². The highest BCUT2D eigenvalue weighted by Crippen LogP contribution is 2.67. The number of hydrogen-bond donors (Lipinski definition) is 0. The number of carbonyl (C=O) groups excluding carboxylic acids is 1. The summed E-state index contributed by atoms with van der Waals surface area (Å²) in [6, 6.07) is 0. The van der Waals surface area contributed by atoms with Crippen molar-refractivity contribution in [2.24, 2.45) is 34.5 Å². The zero-order chi connectivity index (χ0) is 23.1. The van der Waals surface area contributed by atoms with Crippen molar-refractivity contribution in [3.63, 3.8) is 0 Å². The minimum absolute atomic E-state index is 0.118. The van der Waals surface area contributed by atoms with E-state index in [2.05, 4.69) is 47.6 Å². The second-order valence-electron chi connectivity index (χ2n) is 13.1. The molecule has 32 heavy (non-hydrogen) atoms. The number of ether oxygens (including phenoxy) is 1. The van der Waals surface area contributed by atoms with E-state index in [0.717, 1.165) is 24.7 Å². The third-order valence-corrected chi connectivity index (χ3v) is 11.1. The normalized spacial score (nSPS) is 46.7. The zero-order valence-corrected chi connectivity index (χ0v) is 21.3. The summed E-state index contributed by atoms with van der Waals surface area (Å²) >= 11 is 0.